The number of hydrogen-bond donors (Lipinski definition) is 1. The van der Waals surface area contributed by atoms with Crippen LogP contribution in [-0.4, -0.2) is 21.2 Å². The van der Waals surface area contributed by atoms with Crippen molar-refractivity contribution in [3.63, 3.8) is 0 Å². The van der Waals surface area contributed by atoms with Crippen LogP contribution in [0, 0.1) is 0 Å². The number of anilines is 3. The van der Waals surface area contributed by atoms with Crippen molar-refractivity contribution in [1.29, 1.82) is 0 Å². The summed E-state index contributed by atoms with van der Waals surface area (Å²) in [6.45, 7) is 5.85. The quantitative estimate of drug-likeness (QED) is 0.554. The van der Waals surface area contributed by atoms with Crippen LogP contribution in [-0.2, 0) is 28.2 Å². The molecule has 1 aromatic heterocycles. The van der Waals surface area contributed by atoms with E-state index in [9.17, 15) is 21.6 Å². The lowest BCUT2D eigenvalue weighted by molar-refractivity contribution is -0.141. The lowest BCUT2D eigenvalue weighted by Crippen LogP contribution is -2.31. The Morgan fingerprint density at radius 1 is 1.00 bits per heavy atom. The Balaban J connectivity index is 1.85. The third-order valence-corrected chi connectivity index (χ3v) is 7.21. The first kappa shape index (κ1) is 23.2. The van der Waals surface area contributed by atoms with Gasteiger partial charge in [0.15, 0.2) is 0 Å². The summed E-state index contributed by atoms with van der Waals surface area (Å²) in [4.78, 5) is 3.77. The van der Waals surface area contributed by atoms with E-state index in [-0.39, 0.29) is 34.0 Å². The summed E-state index contributed by atoms with van der Waals surface area (Å²) >= 11 is 0. The highest BCUT2D eigenvalue weighted by atomic mass is 32.2. The van der Waals surface area contributed by atoms with Gasteiger partial charge in [-0.3, -0.25) is 4.31 Å². The van der Waals surface area contributed by atoms with Gasteiger partial charge in [0.25, 0.3) is 10.0 Å². The first-order valence-electron chi connectivity index (χ1n) is 10.1. The fourth-order valence-electron chi connectivity index (χ4n) is 3.58. The Hall–Kier alpha value is -3.01. The number of pyridine rings is 1. The number of alkyl halides is 3. The van der Waals surface area contributed by atoms with Gasteiger partial charge in [0, 0.05) is 5.56 Å². The summed E-state index contributed by atoms with van der Waals surface area (Å²) in [6, 6.07) is 13.2. The third kappa shape index (κ3) is 4.44. The molecule has 1 N–H and O–H groups in total. The van der Waals surface area contributed by atoms with Crippen LogP contribution in [0.1, 0.15) is 37.6 Å². The zero-order chi connectivity index (χ0) is 24.2. The van der Waals surface area contributed by atoms with Crippen molar-refractivity contribution in [3.8, 4) is 0 Å². The van der Waals surface area contributed by atoms with E-state index in [4.69, 9.17) is 7.85 Å². The van der Waals surface area contributed by atoms with Gasteiger partial charge < -0.3 is 5.32 Å². The molecular formula is C23H21BF3N3O2S. The number of halogens is 3. The lowest BCUT2D eigenvalue weighted by Gasteiger charge is -2.25. The number of benzene rings is 2. The Labute approximate surface area is 192 Å². The molecule has 2 radical (unpaired) electrons. The Bertz CT molecular complexity index is 1320. The summed E-state index contributed by atoms with van der Waals surface area (Å²) in [7, 11) is 1.85. The Kier molecular flexibility index (Phi) is 5.47. The predicted molar refractivity (Wildman–Crippen MR) is 123 cm³/mol. The minimum absolute atomic E-state index is 0.0587. The van der Waals surface area contributed by atoms with Crippen LogP contribution >= 0.6 is 0 Å². The largest absolute Gasteiger partial charge is 0.433 e. The van der Waals surface area contributed by atoms with Gasteiger partial charge in [0.05, 0.1) is 22.8 Å². The van der Waals surface area contributed by atoms with Crippen LogP contribution < -0.4 is 15.1 Å². The molecule has 0 bridgehead atoms. The second kappa shape index (κ2) is 7.79. The molecule has 0 saturated heterocycles. The molecule has 2 aromatic carbocycles. The molecule has 1 aliphatic rings. The molecule has 0 spiro atoms. The van der Waals surface area contributed by atoms with Crippen molar-refractivity contribution in [2.24, 2.45) is 0 Å². The van der Waals surface area contributed by atoms with Crippen LogP contribution in [0.15, 0.2) is 59.5 Å². The smallest absolute Gasteiger partial charge is 0.338 e. The summed E-state index contributed by atoms with van der Waals surface area (Å²) < 4.78 is 68.1. The lowest BCUT2D eigenvalue weighted by atomic mass is 9.87. The van der Waals surface area contributed by atoms with Crippen LogP contribution in [0.4, 0.5) is 30.4 Å². The zero-order valence-corrected chi connectivity index (χ0v) is 19.1. The molecule has 3 aromatic rings. The predicted octanol–water partition coefficient (Wildman–Crippen LogP) is 4.64. The molecule has 0 aliphatic carbocycles. The minimum Gasteiger partial charge on any atom is -0.338 e. The summed E-state index contributed by atoms with van der Waals surface area (Å²) in [5.74, 6) is -0.0587. The van der Waals surface area contributed by atoms with E-state index in [1.165, 1.54) is 36.4 Å². The first-order valence-corrected chi connectivity index (χ1v) is 11.6. The van der Waals surface area contributed by atoms with Crippen LogP contribution in [0.3, 0.4) is 0 Å². The molecule has 1 aliphatic heterocycles. The van der Waals surface area contributed by atoms with E-state index in [0.717, 1.165) is 15.9 Å². The van der Waals surface area contributed by atoms with Crippen LogP contribution in [0.25, 0.3) is 0 Å². The highest BCUT2D eigenvalue weighted by Gasteiger charge is 2.35. The molecule has 0 unspecified atom stereocenters. The molecule has 0 atom stereocenters. The van der Waals surface area contributed by atoms with Crippen LogP contribution in [0.5, 0.6) is 0 Å². The standard InChI is InChI=1S/C23H21BF3N3O2S/c1-22(2,3)15-5-8-17(9-6-15)33(31,32)30-13-14-4-11-20(23(25,26)27)29-21(14)28-18-10-7-16(24)12-19(18)30/h4-12H,13H2,1-3H3,(H,28,29). The molecule has 0 saturated carbocycles. The minimum atomic E-state index is -4.63. The monoisotopic (exact) mass is 471 g/mol. The van der Waals surface area contributed by atoms with E-state index >= 15 is 0 Å². The van der Waals surface area contributed by atoms with Gasteiger partial charge in [-0.1, -0.05) is 50.5 Å². The average Bonchev–Trinajstić information content (AvgIpc) is 2.89. The maximum atomic E-state index is 13.7. The number of nitrogens with zero attached hydrogens (tertiary/aromatic N) is 2. The molecule has 0 fully saturated rings. The van der Waals surface area contributed by atoms with Crippen molar-refractivity contribution in [2.45, 2.75) is 43.8 Å². The fourth-order valence-corrected chi connectivity index (χ4v) is 5.03. The van der Waals surface area contributed by atoms with E-state index in [1.54, 1.807) is 12.1 Å². The maximum Gasteiger partial charge on any atom is 0.433 e. The van der Waals surface area contributed by atoms with E-state index < -0.39 is 21.9 Å². The van der Waals surface area contributed by atoms with Crippen molar-refractivity contribution in [1.82, 2.24) is 4.98 Å². The summed E-state index contributed by atoms with van der Waals surface area (Å²) in [6.07, 6.45) is -4.63. The van der Waals surface area contributed by atoms with Crippen molar-refractivity contribution >= 4 is 40.5 Å². The molecule has 33 heavy (non-hydrogen) atoms. The fraction of sp³-hybridized carbons (Fsp3) is 0.261. The number of hydrogen-bond acceptors (Lipinski definition) is 4. The van der Waals surface area contributed by atoms with Gasteiger partial charge in [-0.25, -0.2) is 13.4 Å². The van der Waals surface area contributed by atoms with Crippen LogP contribution in [0.2, 0.25) is 0 Å². The number of sulfonamides is 1. The van der Waals surface area contributed by atoms with Gasteiger partial charge in [0.1, 0.15) is 19.4 Å². The van der Waals surface area contributed by atoms with Crippen molar-refractivity contribution in [2.75, 3.05) is 9.62 Å². The number of nitrogens with one attached hydrogen (secondary N) is 1. The third-order valence-electron chi connectivity index (χ3n) is 5.44. The summed E-state index contributed by atoms with van der Waals surface area (Å²) in [5, 5.41) is 2.85. The molecule has 4 rings (SSSR count). The Morgan fingerprint density at radius 2 is 1.67 bits per heavy atom. The second-order valence-electron chi connectivity index (χ2n) is 8.89. The summed E-state index contributed by atoms with van der Waals surface area (Å²) in [5.41, 5.74) is 0.863. The number of aromatic nitrogens is 1. The van der Waals surface area contributed by atoms with Gasteiger partial charge in [-0.05, 0) is 41.3 Å². The van der Waals surface area contributed by atoms with Gasteiger partial charge in [0.2, 0.25) is 0 Å². The number of rotatable bonds is 2. The molecule has 2 heterocycles. The molecule has 5 nitrogen and oxygen atoms in total. The van der Waals surface area contributed by atoms with Crippen molar-refractivity contribution in [3.05, 3.63) is 71.4 Å². The van der Waals surface area contributed by atoms with E-state index in [2.05, 4.69) is 10.3 Å². The first-order chi connectivity index (χ1) is 15.3. The van der Waals surface area contributed by atoms with Gasteiger partial charge in [-0.2, -0.15) is 13.2 Å². The highest BCUT2D eigenvalue weighted by molar-refractivity contribution is 7.92. The zero-order valence-electron chi connectivity index (χ0n) is 18.2. The highest BCUT2D eigenvalue weighted by Crippen LogP contribution is 2.39. The topological polar surface area (TPSA) is 62.3 Å². The molecular weight excluding hydrogens is 450 g/mol. The SMILES string of the molecule is [B]c1ccc2c(c1)N(S(=O)(=O)c1ccc(C(C)(C)C)cc1)Cc1ccc(C(F)(F)F)nc1N2. The second-order valence-corrected chi connectivity index (χ2v) is 10.8. The maximum absolute atomic E-state index is 13.7. The van der Waals surface area contributed by atoms with Gasteiger partial charge >= 0.3 is 6.18 Å². The van der Waals surface area contributed by atoms with Crippen molar-refractivity contribution < 1.29 is 21.6 Å². The van der Waals surface area contributed by atoms with Gasteiger partial charge in [-0.15, -0.1) is 0 Å². The molecule has 170 valence electrons. The normalized spacial score (nSPS) is 14.2. The average molecular weight is 471 g/mol. The molecule has 0 amide bonds. The molecule has 10 heteroatoms. The Morgan fingerprint density at radius 3 is 2.27 bits per heavy atom. The van der Waals surface area contributed by atoms with E-state index in [1.807, 2.05) is 20.8 Å². The van der Waals surface area contributed by atoms with E-state index in [0.29, 0.717) is 11.0 Å². The number of fused-ring (bicyclic) bond motifs is 2.